The van der Waals surface area contributed by atoms with Crippen molar-refractivity contribution in [2.75, 3.05) is 13.2 Å². The molecule has 4 nitrogen and oxygen atoms in total. The van der Waals surface area contributed by atoms with E-state index in [2.05, 4.69) is 58.7 Å². The first-order chi connectivity index (χ1) is 9.69. The summed E-state index contributed by atoms with van der Waals surface area (Å²) >= 11 is 3.65. The van der Waals surface area contributed by atoms with Gasteiger partial charge in [-0.3, -0.25) is 4.68 Å². The van der Waals surface area contributed by atoms with Crippen LogP contribution in [0.3, 0.4) is 0 Å². The number of nitrogens with zero attached hydrogens (tertiary/aromatic N) is 2. The van der Waals surface area contributed by atoms with Gasteiger partial charge in [0.1, 0.15) is 0 Å². The van der Waals surface area contributed by atoms with Gasteiger partial charge in [0.15, 0.2) is 0 Å². The average molecular weight is 346 g/mol. The van der Waals surface area contributed by atoms with E-state index < -0.39 is 0 Å². The normalized spacial score (nSPS) is 14.4. The number of rotatable bonds is 10. The Morgan fingerprint density at radius 1 is 1.30 bits per heavy atom. The number of halogens is 1. The lowest BCUT2D eigenvalue weighted by Gasteiger charge is -2.28. The molecule has 0 aliphatic heterocycles. The number of ether oxygens (including phenoxy) is 1. The molecule has 0 aliphatic rings. The standard InChI is InChI=1S/C15H28BrN3O/c1-5-9-13(20-8-4)14(17-7-3)15-12(16)11-18-19(15)10-6-2/h11,13-14,17H,5-10H2,1-4H3. The Hall–Kier alpha value is -0.390. The quantitative estimate of drug-likeness (QED) is 0.698. The average Bonchev–Trinajstić information content (AvgIpc) is 2.78. The molecule has 1 aromatic rings. The number of aryl methyl sites for hydroxylation is 1. The van der Waals surface area contributed by atoms with Crippen molar-refractivity contribution in [3.8, 4) is 0 Å². The van der Waals surface area contributed by atoms with Crippen molar-refractivity contribution < 1.29 is 4.74 Å². The second kappa shape index (κ2) is 9.53. The Morgan fingerprint density at radius 3 is 2.60 bits per heavy atom. The second-order valence-corrected chi connectivity index (χ2v) is 5.77. The van der Waals surface area contributed by atoms with E-state index in [0.717, 1.165) is 43.4 Å². The Balaban J connectivity index is 3.06. The van der Waals surface area contributed by atoms with Gasteiger partial charge in [-0.05, 0) is 42.2 Å². The number of hydrogen-bond acceptors (Lipinski definition) is 3. The molecule has 1 aromatic heterocycles. The van der Waals surface area contributed by atoms with Gasteiger partial charge in [-0.2, -0.15) is 5.10 Å². The molecule has 0 bridgehead atoms. The smallest absolute Gasteiger partial charge is 0.0785 e. The largest absolute Gasteiger partial charge is 0.376 e. The first kappa shape index (κ1) is 17.7. The summed E-state index contributed by atoms with van der Waals surface area (Å²) in [5.41, 5.74) is 1.21. The van der Waals surface area contributed by atoms with Crippen molar-refractivity contribution in [1.82, 2.24) is 15.1 Å². The number of hydrogen-bond donors (Lipinski definition) is 1. The van der Waals surface area contributed by atoms with Crippen LogP contribution in [0.1, 0.15) is 58.7 Å². The first-order valence-electron chi connectivity index (χ1n) is 7.75. The summed E-state index contributed by atoms with van der Waals surface area (Å²) in [6, 6.07) is 0.184. The van der Waals surface area contributed by atoms with E-state index in [4.69, 9.17) is 4.74 Å². The van der Waals surface area contributed by atoms with Crippen LogP contribution in [0.4, 0.5) is 0 Å². The monoisotopic (exact) mass is 345 g/mol. The summed E-state index contributed by atoms with van der Waals surface area (Å²) in [5.74, 6) is 0. The van der Waals surface area contributed by atoms with Crippen LogP contribution in [0.15, 0.2) is 10.7 Å². The van der Waals surface area contributed by atoms with E-state index >= 15 is 0 Å². The molecule has 0 aromatic carbocycles. The SMILES string of the molecule is CCCC(OCC)C(NCC)c1c(Br)cnn1CCC. The lowest BCUT2D eigenvalue weighted by molar-refractivity contribution is 0.0255. The van der Waals surface area contributed by atoms with Crippen LogP contribution in [-0.4, -0.2) is 29.0 Å². The van der Waals surface area contributed by atoms with Crippen LogP contribution in [-0.2, 0) is 11.3 Å². The zero-order chi connectivity index (χ0) is 15.0. The van der Waals surface area contributed by atoms with Crippen LogP contribution in [0.2, 0.25) is 0 Å². The number of nitrogens with one attached hydrogen (secondary N) is 1. The van der Waals surface area contributed by atoms with Gasteiger partial charge < -0.3 is 10.1 Å². The van der Waals surface area contributed by atoms with Gasteiger partial charge >= 0.3 is 0 Å². The molecule has 1 rings (SSSR count). The fourth-order valence-electron chi connectivity index (χ4n) is 2.54. The topological polar surface area (TPSA) is 39.1 Å². The minimum absolute atomic E-state index is 0.184. The summed E-state index contributed by atoms with van der Waals surface area (Å²) in [5, 5.41) is 8.06. The lowest BCUT2D eigenvalue weighted by atomic mass is 10.0. The fraction of sp³-hybridized carbons (Fsp3) is 0.800. The van der Waals surface area contributed by atoms with Crippen LogP contribution in [0, 0.1) is 0 Å². The predicted molar refractivity (Wildman–Crippen MR) is 87.0 cm³/mol. The minimum atomic E-state index is 0.184. The van der Waals surface area contributed by atoms with Crippen molar-refractivity contribution in [3.63, 3.8) is 0 Å². The van der Waals surface area contributed by atoms with E-state index in [0.29, 0.717) is 0 Å². The van der Waals surface area contributed by atoms with Gasteiger partial charge in [0.05, 0.1) is 28.5 Å². The highest BCUT2D eigenvalue weighted by atomic mass is 79.9. The third-order valence-electron chi connectivity index (χ3n) is 3.31. The van der Waals surface area contributed by atoms with Gasteiger partial charge in [-0.15, -0.1) is 0 Å². The van der Waals surface area contributed by atoms with Gasteiger partial charge in [-0.1, -0.05) is 27.2 Å². The summed E-state index contributed by atoms with van der Waals surface area (Å²) in [6.07, 6.45) is 5.33. The highest BCUT2D eigenvalue weighted by molar-refractivity contribution is 9.10. The van der Waals surface area contributed by atoms with E-state index in [9.17, 15) is 0 Å². The maximum absolute atomic E-state index is 5.98. The zero-order valence-corrected chi connectivity index (χ0v) is 14.7. The summed E-state index contributed by atoms with van der Waals surface area (Å²) in [4.78, 5) is 0. The van der Waals surface area contributed by atoms with Gasteiger partial charge in [0.2, 0.25) is 0 Å². The van der Waals surface area contributed by atoms with Crippen molar-refractivity contribution in [3.05, 3.63) is 16.4 Å². The Kier molecular flexibility index (Phi) is 8.41. The molecule has 1 heterocycles. The zero-order valence-electron chi connectivity index (χ0n) is 13.2. The molecule has 0 radical (unpaired) electrons. The summed E-state index contributed by atoms with van der Waals surface area (Å²) in [6.45, 7) is 11.2. The van der Waals surface area contributed by atoms with Crippen LogP contribution < -0.4 is 5.32 Å². The summed E-state index contributed by atoms with van der Waals surface area (Å²) < 4.78 is 9.15. The molecule has 0 aliphatic carbocycles. The predicted octanol–water partition coefficient (Wildman–Crippen LogP) is 3.91. The number of aromatic nitrogens is 2. The van der Waals surface area contributed by atoms with Crippen LogP contribution in [0.5, 0.6) is 0 Å². The van der Waals surface area contributed by atoms with Crippen molar-refractivity contribution in [2.45, 2.75) is 65.6 Å². The molecule has 5 heteroatoms. The summed E-state index contributed by atoms with van der Waals surface area (Å²) in [7, 11) is 0. The Bertz CT molecular complexity index is 375. The van der Waals surface area contributed by atoms with E-state index in [1.54, 1.807) is 0 Å². The molecule has 1 N–H and O–H groups in total. The molecule has 0 fully saturated rings. The van der Waals surface area contributed by atoms with Crippen LogP contribution >= 0.6 is 15.9 Å². The van der Waals surface area contributed by atoms with Crippen molar-refractivity contribution >= 4 is 15.9 Å². The molecular formula is C15H28BrN3O. The first-order valence-corrected chi connectivity index (χ1v) is 8.54. The fourth-order valence-corrected chi connectivity index (χ4v) is 3.08. The van der Waals surface area contributed by atoms with Gasteiger partial charge in [0, 0.05) is 13.2 Å². The molecular weight excluding hydrogens is 318 g/mol. The van der Waals surface area contributed by atoms with Crippen molar-refractivity contribution in [2.24, 2.45) is 0 Å². The van der Waals surface area contributed by atoms with E-state index in [-0.39, 0.29) is 12.1 Å². The molecule has 0 amide bonds. The molecule has 2 unspecified atom stereocenters. The molecule has 0 saturated carbocycles. The lowest BCUT2D eigenvalue weighted by Crippen LogP contribution is -2.36. The van der Waals surface area contributed by atoms with E-state index in [1.807, 2.05) is 6.20 Å². The molecule has 20 heavy (non-hydrogen) atoms. The number of likely N-dealkylation sites (N-methyl/N-ethyl adjacent to an activating group) is 1. The van der Waals surface area contributed by atoms with E-state index in [1.165, 1.54) is 5.69 Å². The Labute approximate surface area is 131 Å². The molecule has 116 valence electrons. The van der Waals surface area contributed by atoms with Crippen LogP contribution in [0.25, 0.3) is 0 Å². The maximum atomic E-state index is 5.98. The van der Waals surface area contributed by atoms with Crippen molar-refractivity contribution in [1.29, 1.82) is 0 Å². The Morgan fingerprint density at radius 2 is 2.05 bits per heavy atom. The molecule has 0 spiro atoms. The third kappa shape index (κ3) is 4.57. The highest BCUT2D eigenvalue weighted by Crippen LogP contribution is 2.29. The third-order valence-corrected chi connectivity index (χ3v) is 3.92. The second-order valence-electron chi connectivity index (χ2n) is 4.92. The van der Waals surface area contributed by atoms with Gasteiger partial charge in [-0.25, -0.2) is 0 Å². The highest BCUT2D eigenvalue weighted by Gasteiger charge is 2.27. The molecule has 2 atom stereocenters. The maximum Gasteiger partial charge on any atom is 0.0785 e. The van der Waals surface area contributed by atoms with Gasteiger partial charge in [0.25, 0.3) is 0 Å². The molecule has 0 saturated heterocycles. The minimum Gasteiger partial charge on any atom is -0.376 e.